The topological polar surface area (TPSA) is 69.0 Å². The molecule has 6 nitrogen and oxygen atoms in total. The van der Waals surface area contributed by atoms with E-state index in [0.29, 0.717) is 28.3 Å². The Bertz CT molecular complexity index is 1280. The van der Waals surface area contributed by atoms with Gasteiger partial charge in [0.1, 0.15) is 11.5 Å². The maximum absolute atomic E-state index is 13.4. The van der Waals surface area contributed by atoms with Gasteiger partial charge in [0.25, 0.3) is 11.7 Å². The number of carbonyl (C=O) groups is 2. The third-order valence-corrected chi connectivity index (χ3v) is 4.90. The zero-order chi connectivity index (χ0) is 22.0. The van der Waals surface area contributed by atoms with Gasteiger partial charge in [-0.15, -0.1) is 0 Å². The molecule has 0 saturated heterocycles. The fourth-order valence-electron chi connectivity index (χ4n) is 3.41. The molecule has 0 unspecified atom stereocenters. The van der Waals surface area contributed by atoms with Gasteiger partial charge < -0.3 is 19.2 Å². The van der Waals surface area contributed by atoms with Crippen LogP contribution in [0.25, 0.3) is 16.6 Å². The molecule has 2 heterocycles. The first-order valence-electron chi connectivity index (χ1n) is 9.45. The van der Waals surface area contributed by atoms with Crippen LogP contribution in [0.15, 0.2) is 72.9 Å². The summed E-state index contributed by atoms with van der Waals surface area (Å²) in [5.74, 6) is -0.984. The van der Waals surface area contributed by atoms with Crippen molar-refractivity contribution in [1.82, 2.24) is 4.40 Å². The molecule has 0 bridgehead atoms. The van der Waals surface area contributed by atoms with Crippen molar-refractivity contribution in [3.05, 3.63) is 84.4 Å². The van der Waals surface area contributed by atoms with Gasteiger partial charge in [-0.25, -0.2) is 4.39 Å². The molecule has 0 atom stereocenters. The number of hydrogen-bond donors (Lipinski definition) is 1. The first kappa shape index (κ1) is 20.2. The van der Waals surface area contributed by atoms with Gasteiger partial charge >= 0.3 is 0 Å². The van der Waals surface area contributed by atoms with Crippen LogP contribution in [0.4, 0.5) is 10.1 Å². The molecule has 1 N–H and O–H groups in total. The summed E-state index contributed by atoms with van der Waals surface area (Å²) in [7, 11) is 2.99. The minimum absolute atomic E-state index is 0.195. The van der Waals surface area contributed by atoms with E-state index in [0.717, 1.165) is 5.52 Å². The second-order valence-corrected chi connectivity index (χ2v) is 6.76. The van der Waals surface area contributed by atoms with Crippen LogP contribution in [-0.2, 0) is 4.79 Å². The number of amides is 1. The summed E-state index contributed by atoms with van der Waals surface area (Å²) in [5, 5.41) is 2.61. The van der Waals surface area contributed by atoms with Crippen LogP contribution in [0.2, 0.25) is 0 Å². The third-order valence-electron chi connectivity index (χ3n) is 4.90. The van der Waals surface area contributed by atoms with Gasteiger partial charge in [-0.2, -0.15) is 0 Å². The first-order valence-corrected chi connectivity index (χ1v) is 9.45. The quantitative estimate of drug-likeness (QED) is 0.368. The van der Waals surface area contributed by atoms with Crippen LogP contribution in [-0.4, -0.2) is 30.3 Å². The van der Waals surface area contributed by atoms with Crippen LogP contribution in [0.5, 0.6) is 11.5 Å². The Labute approximate surface area is 177 Å². The monoisotopic (exact) mass is 418 g/mol. The van der Waals surface area contributed by atoms with Crippen LogP contribution in [0, 0.1) is 5.82 Å². The molecule has 0 radical (unpaired) electrons. The van der Waals surface area contributed by atoms with Crippen molar-refractivity contribution in [2.45, 2.75) is 0 Å². The Kier molecular flexibility index (Phi) is 5.41. The number of nitrogens with zero attached hydrogens (tertiary/aromatic N) is 1. The van der Waals surface area contributed by atoms with Crippen LogP contribution in [0.1, 0.15) is 10.5 Å². The normalized spacial score (nSPS) is 10.7. The van der Waals surface area contributed by atoms with Crippen molar-refractivity contribution in [3.63, 3.8) is 0 Å². The van der Waals surface area contributed by atoms with E-state index >= 15 is 0 Å². The van der Waals surface area contributed by atoms with E-state index in [1.807, 2.05) is 12.1 Å². The van der Waals surface area contributed by atoms with Crippen molar-refractivity contribution < 1.29 is 23.5 Å². The molecule has 2 aromatic carbocycles. The Hall–Kier alpha value is -4.13. The number of carbonyl (C=O) groups excluding carboxylic acids is 2. The first-order chi connectivity index (χ1) is 15.0. The molecule has 0 spiro atoms. The van der Waals surface area contributed by atoms with Gasteiger partial charge in [-0.05, 0) is 48.0 Å². The number of benzene rings is 2. The van der Waals surface area contributed by atoms with Crippen molar-refractivity contribution in [2.24, 2.45) is 0 Å². The SMILES string of the molecule is COc1ccc(NC(=O)C(=O)c2c(-c3ccc(F)cc3)cc3ccccn23)cc1OC. The van der Waals surface area contributed by atoms with Gasteiger partial charge in [0.2, 0.25) is 0 Å². The molecule has 4 rings (SSSR count). The molecule has 2 aromatic heterocycles. The fraction of sp³-hybridized carbons (Fsp3) is 0.0833. The second kappa shape index (κ2) is 8.31. The van der Waals surface area contributed by atoms with Gasteiger partial charge in [-0.1, -0.05) is 18.2 Å². The highest BCUT2D eigenvalue weighted by molar-refractivity contribution is 6.47. The molecule has 0 aliphatic heterocycles. The van der Waals surface area contributed by atoms with Crippen LogP contribution in [0.3, 0.4) is 0 Å². The molecule has 4 aromatic rings. The number of ketones is 1. The summed E-state index contributed by atoms with van der Waals surface area (Å²) in [4.78, 5) is 26.0. The minimum atomic E-state index is -0.806. The van der Waals surface area contributed by atoms with Gasteiger partial charge in [0, 0.05) is 29.0 Å². The molecule has 0 saturated carbocycles. The summed E-state index contributed by atoms with van der Waals surface area (Å²) < 4.78 is 25.5. The standard InChI is InChI=1S/C24H19FN2O4/c1-30-20-11-10-17(13-21(20)31-2)26-24(29)23(28)22-19(15-6-8-16(25)9-7-15)14-18-5-3-4-12-27(18)22/h3-14H,1-2H3,(H,26,29). The maximum Gasteiger partial charge on any atom is 0.298 e. The largest absolute Gasteiger partial charge is 0.493 e. The summed E-state index contributed by atoms with van der Waals surface area (Å²) in [5.41, 5.74) is 2.50. The molecule has 0 aliphatic rings. The lowest BCUT2D eigenvalue weighted by molar-refractivity contribution is -0.112. The third kappa shape index (κ3) is 3.85. The number of hydrogen-bond acceptors (Lipinski definition) is 4. The van der Waals surface area contributed by atoms with E-state index in [9.17, 15) is 14.0 Å². The molecule has 1 amide bonds. The van der Waals surface area contributed by atoms with E-state index in [2.05, 4.69) is 5.32 Å². The highest BCUT2D eigenvalue weighted by Crippen LogP contribution is 2.31. The average molecular weight is 418 g/mol. The van der Waals surface area contributed by atoms with Crippen molar-refractivity contribution in [1.29, 1.82) is 0 Å². The molecule has 31 heavy (non-hydrogen) atoms. The molecule has 156 valence electrons. The highest BCUT2D eigenvalue weighted by Gasteiger charge is 2.25. The van der Waals surface area contributed by atoms with Gasteiger partial charge in [-0.3, -0.25) is 9.59 Å². The average Bonchev–Trinajstić information content (AvgIpc) is 3.18. The number of nitrogens with one attached hydrogen (secondary N) is 1. The summed E-state index contributed by atoms with van der Waals surface area (Å²) in [6, 6.07) is 17.8. The van der Waals surface area contributed by atoms with E-state index < -0.39 is 11.7 Å². The number of halogens is 1. The lowest BCUT2D eigenvalue weighted by Crippen LogP contribution is -2.24. The van der Waals surface area contributed by atoms with Crippen LogP contribution < -0.4 is 14.8 Å². The number of pyridine rings is 1. The van der Waals surface area contributed by atoms with Crippen LogP contribution >= 0.6 is 0 Å². The molecule has 7 heteroatoms. The second-order valence-electron chi connectivity index (χ2n) is 6.76. The number of methoxy groups -OCH3 is 2. The molecular weight excluding hydrogens is 399 g/mol. The lowest BCUT2D eigenvalue weighted by Gasteiger charge is -2.11. The van der Waals surface area contributed by atoms with E-state index in [-0.39, 0.29) is 11.5 Å². The Morgan fingerprint density at radius 3 is 2.35 bits per heavy atom. The summed E-state index contributed by atoms with van der Waals surface area (Å²) in [6.45, 7) is 0. The number of rotatable bonds is 6. The zero-order valence-electron chi connectivity index (χ0n) is 16.9. The number of anilines is 1. The zero-order valence-corrected chi connectivity index (χ0v) is 16.9. The Morgan fingerprint density at radius 1 is 0.903 bits per heavy atom. The fourth-order valence-corrected chi connectivity index (χ4v) is 3.41. The predicted octanol–water partition coefficient (Wildman–Crippen LogP) is 4.58. The van der Waals surface area contributed by atoms with E-state index in [1.165, 1.54) is 26.4 Å². The summed E-state index contributed by atoms with van der Waals surface area (Å²) >= 11 is 0. The number of ether oxygens (including phenoxy) is 2. The smallest absolute Gasteiger partial charge is 0.298 e. The van der Waals surface area contributed by atoms with Gasteiger partial charge in [0.05, 0.1) is 14.2 Å². The predicted molar refractivity (Wildman–Crippen MR) is 115 cm³/mol. The van der Waals surface area contributed by atoms with Gasteiger partial charge in [0.15, 0.2) is 11.5 Å². The number of Topliss-reactive ketones (excluding diaryl/α,β-unsaturated/α-hetero) is 1. The Balaban J connectivity index is 1.72. The van der Waals surface area contributed by atoms with E-state index in [1.54, 1.807) is 53.1 Å². The van der Waals surface area contributed by atoms with E-state index in [4.69, 9.17) is 9.47 Å². The lowest BCUT2D eigenvalue weighted by atomic mass is 10.0. The molecule has 0 aliphatic carbocycles. The minimum Gasteiger partial charge on any atom is -0.493 e. The van der Waals surface area contributed by atoms with Crippen molar-refractivity contribution >= 4 is 22.9 Å². The van der Waals surface area contributed by atoms with Crippen molar-refractivity contribution in [3.8, 4) is 22.6 Å². The molecular formula is C24H19FN2O4. The number of aromatic nitrogens is 1. The van der Waals surface area contributed by atoms with Crippen molar-refractivity contribution in [2.75, 3.05) is 19.5 Å². The Morgan fingerprint density at radius 2 is 1.65 bits per heavy atom. The number of fused-ring (bicyclic) bond motifs is 1. The summed E-state index contributed by atoms with van der Waals surface area (Å²) in [6.07, 6.45) is 1.71. The maximum atomic E-state index is 13.4. The highest BCUT2D eigenvalue weighted by atomic mass is 19.1. The molecule has 0 fully saturated rings.